The number of benzene rings is 1. The maximum atomic E-state index is 12.2. The molecular formula is C18H21N3OS. The average molecular weight is 327 g/mol. The fourth-order valence-corrected chi connectivity index (χ4v) is 3.62. The van der Waals surface area contributed by atoms with Crippen LogP contribution in [0.3, 0.4) is 0 Å². The highest BCUT2D eigenvalue weighted by Gasteiger charge is 2.43. The molecule has 0 bridgehead atoms. The minimum absolute atomic E-state index is 0.0140. The lowest BCUT2D eigenvalue weighted by molar-refractivity contribution is -0.112. The zero-order valence-electron chi connectivity index (χ0n) is 13.9. The third-order valence-corrected chi connectivity index (χ3v) is 4.68. The molecule has 5 heteroatoms. The summed E-state index contributed by atoms with van der Waals surface area (Å²) in [6.45, 7) is 7.92. The summed E-state index contributed by atoms with van der Waals surface area (Å²) < 4.78 is 0. The van der Waals surface area contributed by atoms with Crippen molar-refractivity contribution in [1.29, 1.82) is 0 Å². The summed E-state index contributed by atoms with van der Waals surface area (Å²) in [4.78, 5) is 15.5. The molecule has 0 amide bonds. The Morgan fingerprint density at radius 3 is 2.35 bits per heavy atom. The number of carbonyl (C=O) groups excluding carboxylic acids is 1. The van der Waals surface area contributed by atoms with Crippen LogP contribution in [-0.4, -0.2) is 22.1 Å². The zero-order chi connectivity index (χ0) is 16.6. The molecule has 0 spiro atoms. The first kappa shape index (κ1) is 15.7. The van der Waals surface area contributed by atoms with E-state index in [0.29, 0.717) is 5.84 Å². The molecule has 23 heavy (non-hydrogen) atoms. The summed E-state index contributed by atoms with van der Waals surface area (Å²) in [6, 6.07) is 14.1. The Kier molecular flexibility index (Phi) is 3.98. The highest BCUT2D eigenvalue weighted by Crippen LogP contribution is 2.41. The molecule has 0 saturated carbocycles. The Labute approximate surface area is 141 Å². The van der Waals surface area contributed by atoms with Crippen molar-refractivity contribution < 1.29 is 4.79 Å². The number of amidine groups is 1. The van der Waals surface area contributed by atoms with E-state index in [1.807, 2.05) is 41.4 Å². The van der Waals surface area contributed by atoms with Crippen molar-refractivity contribution in [3.63, 3.8) is 0 Å². The first-order valence-corrected chi connectivity index (χ1v) is 8.54. The largest absolute Gasteiger partial charge is 0.321 e. The van der Waals surface area contributed by atoms with Gasteiger partial charge in [0.1, 0.15) is 0 Å². The summed E-state index contributed by atoms with van der Waals surface area (Å²) in [5.74, 6) is 0.500. The molecule has 0 fully saturated rings. The van der Waals surface area contributed by atoms with E-state index in [1.54, 1.807) is 18.3 Å². The van der Waals surface area contributed by atoms with Gasteiger partial charge in [-0.2, -0.15) is 0 Å². The number of hydrogen-bond acceptors (Lipinski definition) is 5. The molecule has 0 aliphatic carbocycles. The topological polar surface area (TPSA) is 35.9 Å². The fourth-order valence-electron chi connectivity index (χ4n) is 2.82. The Bertz CT molecular complexity index is 716. The van der Waals surface area contributed by atoms with Gasteiger partial charge in [-0.25, -0.2) is 5.01 Å². The number of carbonyl (C=O) groups is 1. The minimum Gasteiger partial charge on any atom is -0.321 e. The van der Waals surface area contributed by atoms with Crippen LogP contribution < -0.4 is 5.01 Å². The molecule has 1 atom stereocenters. The van der Waals surface area contributed by atoms with Gasteiger partial charge < -0.3 is 4.90 Å². The monoisotopic (exact) mass is 327 g/mol. The molecule has 2 aromatic rings. The van der Waals surface area contributed by atoms with Crippen LogP contribution >= 0.6 is 11.3 Å². The summed E-state index contributed by atoms with van der Waals surface area (Å²) in [5, 5.41) is 8.69. The van der Waals surface area contributed by atoms with E-state index in [2.05, 4.69) is 42.2 Å². The quantitative estimate of drug-likeness (QED) is 0.844. The van der Waals surface area contributed by atoms with Gasteiger partial charge in [-0.1, -0.05) is 24.3 Å². The fraction of sp³-hybridized carbons (Fsp3) is 0.333. The van der Waals surface area contributed by atoms with Crippen LogP contribution in [0.1, 0.15) is 38.7 Å². The van der Waals surface area contributed by atoms with Gasteiger partial charge >= 0.3 is 0 Å². The molecule has 3 rings (SSSR count). The summed E-state index contributed by atoms with van der Waals surface area (Å²) >= 11 is 1.68. The summed E-state index contributed by atoms with van der Waals surface area (Å²) in [5.41, 5.74) is 0.763. The number of nitrogens with zero attached hydrogens (tertiary/aromatic N) is 3. The van der Waals surface area contributed by atoms with E-state index in [0.717, 1.165) is 5.69 Å². The minimum atomic E-state index is -0.220. The van der Waals surface area contributed by atoms with Crippen molar-refractivity contribution in [2.24, 2.45) is 5.10 Å². The Balaban J connectivity index is 2.15. The lowest BCUT2D eigenvalue weighted by Crippen LogP contribution is -2.48. The number of anilines is 1. The highest BCUT2D eigenvalue weighted by molar-refractivity contribution is 7.10. The van der Waals surface area contributed by atoms with Crippen LogP contribution in [-0.2, 0) is 4.79 Å². The van der Waals surface area contributed by atoms with Crippen molar-refractivity contribution in [2.75, 3.05) is 5.01 Å². The molecule has 4 nitrogen and oxygen atoms in total. The lowest BCUT2D eigenvalue weighted by Gasteiger charge is -2.40. The SMILES string of the molecule is CC(=O)C1=NN(c2ccccc2)C(c2cccs2)N1C(C)(C)C. The zero-order valence-corrected chi connectivity index (χ0v) is 14.7. The van der Waals surface area contributed by atoms with Gasteiger partial charge in [0.05, 0.1) is 5.69 Å². The van der Waals surface area contributed by atoms with Crippen LogP contribution in [0.25, 0.3) is 0 Å². The van der Waals surface area contributed by atoms with Crippen molar-refractivity contribution in [3.8, 4) is 0 Å². The number of hydrogen-bond donors (Lipinski definition) is 0. The Morgan fingerprint density at radius 2 is 1.83 bits per heavy atom. The second-order valence-corrected chi connectivity index (χ2v) is 7.57. The highest BCUT2D eigenvalue weighted by atomic mass is 32.1. The van der Waals surface area contributed by atoms with Crippen LogP contribution in [0.15, 0.2) is 52.9 Å². The van der Waals surface area contributed by atoms with Gasteiger partial charge in [0.2, 0.25) is 0 Å². The molecule has 0 saturated heterocycles. The molecule has 0 N–H and O–H groups in total. The number of rotatable bonds is 3. The maximum Gasteiger partial charge on any atom is 0.196 e. The third kappa shape index (κ3) is 2.88. The number of hydrazone groups is 1. The average Bonchev–Trinajstić information content (AvgIpc) is 3.14. The first-order chi connectivity index (χ1) is 10.9. The molecule has 120 valence electrons. The van der Waals surface area contributed by atoms with E-state index in [9.17, 15) is 4.79 Å². The van der Waals surface area contributed by atoms with Crippen molar-refractivity contribution in [2.45, 2.75) is 39.4 Å². The van der Waals surface area contributed by atoms with Gasteiger partial charge in [0.15, 0.2) is 17.8 Å². The van der Waals surface area contributed by atoms with Gasteiger partial charge in [-0.05, 0) is 44.4 Å². The van der Waals surface area contributed by atoms with E-state index >= 15 is 0 Å². The van der Waals surface area contributed by atoms with E-state index in [1.165, 1.54) is 4.88 Å². The Morgan fingerprint density at radius 1 is 1.13 bits per heavy atom. The number of para-hydroxylation sites is 1. The summed E-state index contributed by atoms with van der Waals surface area (Å²) in [7, 11) is 0. The molecule has 2 heterocycles. The molecule has 1 aromatic heterocycles. The number of Topliss-reactive ketones (excluding diaryl/α,β-unsaturated/α-hetero) is 1. The van der Waals surface area contributed by atoms with Crippen LogP contribution in [0, 0.1) is 0 Å². The van der Waals surface area contributed by atoms with E-state index in [-0.39, 0.29) is 17.5 Å². The third-order valence-electron chi connectivity index (χ3n) is 3.76. The smallest absolute Gasteiger partial charge is 0.196 e. The van der Waals surface area contributed by atoms with Crippen LogP contribution in [0.4, 0.5) is 5.69 Å². The van der Waals surface area contributed by atoms with Crippen molar-refractivity contribution >= 4 is 28.6 Å². The summed E-state index contributed by atoms with van der Waals surface area (Å²) in [6.07, 6.45) is -0.101. The standard InChI is InChI=1S/C18H21N3OS/c1-13(22)16-19-21(14-9-6-5-7-10-14)17(15-11-8-12-23-15)20(16)18(2,3)4/h5-12,17H,1-4H3. The first-order valence-electron chi connectivity index (χ1n) is 7.66. The van der Waals surface area contributed by atoms with Crippen molar-refractivity contribution in [3.05, 3.63) is 52.7 Å². The molecule has 1 aliphatic rings. The predicted octanol–water partition coefficient (Wildman–Crippen LogP) is 4.27. The second kappa shape index (κ2) is 5.81. The van der Waals surface area contributed by atoms with Crippen LogP contribution in [0.5, 0.6) is 0 Å². The second-order valence-electron chi connectivity index (χ2n) is 6.59. The molecule has 1 aliphatic heterocycles. The van der Waals surface area contributed by atoms with Crippen LogP contribution in [0.2, 0.25) is 0 Å². The Hall–Kier alpha value is -2.14. The maximum absolute atomic E-state index is 12.2. The molecule has 1 aromatic carbocycles. The molecular weight excluding hydrogens is 306 g/mol. The van der Waals surface area contributed by atoms with Gasteiger partial charge in [-0.3, -0.25) is 4.79 Å². The van der Waals surface area contributed by atoms with Gasteiger partial charge in [-0.15, -0.1) is 16.4 Å². The lowest BCUT2D eigenvalue weighted by atomic mass is 10.0. The number of thiophene rings is 1. The molecule has 1 unspecified atom stereocenters. The normalized spacial score (nSPS) is 18.3. The predicted molar refractivity (Wildman–Crippen MR) is 95.7 cm³/mol. The van der Waals surface area contributed by atoms with Gasteiger partial charge in [0.25, 0.3) is 0 Å². The molecule has 0 radical (unpaired) electrons. The van der Waals surface area contributed by atoms with Gasteiger partial charge in [0, 0.05) is 17.3 Å². The van der Waals surface area contributed by atoms with Crippen molar-refractivity contribution in [1.82, 2.24) is 4.90 Å². The van der Waals surface area contributed by atoms with E-state index < -0.39 is 0 Å². The number of ketones is 1. The van der Waals surface area contributed by atoms with E-state index in [4.69, 9.17) is 0 Å².